The molecule has 0 unspecified atom stereocenters. The van der Waals surface area contributed by atoms with Crippen molar-refractivity contribution in [1.29, 1.82) is 0 Å². The summed E-state index contributed by atoms with van der Waals surface area (Å²) in [4.78, 5) is 0. The normalized spacial score (nSPS) is 11.4. The van der Waals surface area contributed by atoms with Crippen molar-refractivity contribution in [2.45, 2.75) is 5.75 Å². The lowest BCUT2D eigenvalue weighted by Gasteiger charge is -2.17. The van der Waals surface area contributed by atoms with Crippen LogP contribution in [0.2, 0.25) is 0 Å². The van der Waals surface area contributed by atoms with Crippen LogP contribution in [0, 0.1) is 0 Å². The number of rotatable bonds is 5. The SMILES string of the molecule is C=C(CSCc1ccccc1)[B-](F)(F)F. The number of benzene rings is 1. The fraction of sp³-hybridized carbons (Fsp3) is 0.200. The first kappa shape index (κ1) is 12.2. The summed E-state index contributed by atoms with van der Waals surface area (Å²) in [5, 5.41) is 0. The molecule has 0 fully saturated rings. The lowest BCUT2D eigenvalue weighted by molar-refractivity contribution is 0.491. The number of thioether (sulfide) groups is 1. The van der Waals surface area contributed by atoms with Crippen LogP contribution in [0.5, 0.6) is 0 Å². The van der Waals surface area contributed by atoms with Gasteiger partial charge in [-0.25, -0.2) is 0 Å². The molecule has 0 nitrogen and oxygen atoms in total. The lowest BCUT2D eigenvalue weighted by Crippen LogP contribution is -2.20. The number of hydrogen-bond acceptors (Lipinski definition) is 1. The highest BCUT2D eigenvalue weighted by atomic mass is 32.2. The van der Waals surface area contributed by atoms with Crippen molar-refractivity contribution in [1.82, 2.24) is 0 Å². The third-order valence-electron chi connectivity index (χ3n) is 1.86. The molecule has 0 spiro atoms. The van der Waals surface area contributed by atoms with Crippen LogP contribution in [0.3, 0.4) is 0 Å². The molecule has 1 aromatic carbocycles. The summed E-state index contributed by atoms with van der Waals surface area (Å²) >= 11 is 1.24. The van der Waals surface area contributed by atoms with Gasteiger partial charge >= 0.3 is 6.98 Å². The Balaban J connectivity index is 2.32. The van der Waals surface area contributed by atoms with E-state index in [-0.39, 0.29) is 5.75 Å². The molecule has 0 N–H and O–H groups in total. The van der Waals surface area contributed by atoms with Crippen molar-refractivity contribution in [3.63, 3.8) is 0 Å². The Bertz CT molecular complexity index is 321. The van der Waals surface area contributed by atoms with E-state index in [1.54, 1.807) is 0 Å². The minimum absolute atomic E-state index is 0.0433. The van der Waals surface area contributed by atoms with Gasteiger partial charge in [0.2, 0.25) is 0 Å². The van der Waals surface area contributed by atoms with Crippen LogP contribution < -0.4 is 0 Å². The molecule has 0 amide bonds. The second kappa shape index (κ2) is 5.30. The minimum atomic E-state index is -4.87. The van der Waals surface area contributed by atoms with Crippen molar-refractivity contribution in [3.05, 3.63) is 47.9 Å². The van der Waals surface area contributed by atoms with Crippen LogP contribution in [0.4, 0.5) is 12.9 Å². The molecule has 0 atom stereocenters. The summed E-state index contributed by atoms with van der Waals surface area (Å²) in [5.41, 5.74) is 0.418. The third kappa shape index (κ3) is 4.47. The molecule has 1 rings (SSSR count). The van der Waals surface area contributed by atoms with Gasteiger partial charge < -0.3 is 12.9 Å². The Labute approximate surface area is 91.6 Å². The molecular weight excluding hydrogens is 220 g/mol. The molecule has 0 saturated carbocycles. The van der Waals surface area contributed by atoms with Gasteiger partial charge in [-0.2, -0.15) is 11.8 Å². The topological polar surface area (TPSA) is 0 Å². The summed E-state index contributed by atoms with van der Waals surface area (Å²) in [6, 6.07) is 9.42. The average molecular weight is 231 g/mol. The van der Waals surface area contributed by atoms with Crippen LogP contribution >= 0.6 is 11.8 Å². The zero-order valence-corrected chi connectivity index (χ0v) is 8.94. The highest BCUT2D eigenvalue weighted by Gasteiger charge is 2.25. The van der Waals surface area contributed by atoms with Crippen molar-refractivity contribution in [2.24, 2.45) is 0 Å². The van der Waals surface area contributed by atoms with Gasteiger partial charge in [-0.15, -0.1) is 12.1 Å². The Morgan fingerprint density at radius 2 is 1.80 bits per heavy atom. The van der Waals surface area contributed by atoms with E-state index in [0.29, 0.717) is 5.75 Å². The zero-order chi connectivity index (χ0) is 11.3. The maximum absolute atomic E-state index is 12.1. The smallest absolute Gasteiger partial charge is 0.445 e. The Morgan fingerprint density at radius 3 is 2.33 bits per heavy atom. The average Bonchev–Trinajstić information content (AvgIpc) is 2.18. The van der Waals surface area contributed by atoms with E-state index in [1.165, 1.54) is 11.8 Å². The van der Waals surface area contributed by atoms with Crippen LogP contribution in [-0.4, -0.2) is 12.7 Å². The molecular formula is C10H11BF3S-. The van der Waals surface area contributed by atoms with E-state index >= 15 is 0 Å². The third-order valence-corrected chi connectivity index (χ3v) is 2.97. The van der Waals surface area contributed by atoms with Gasteiger partial charge in [0.05, 0.1) is 0 Å². The van der Waals surface area contributed by atoms with Crippen LogP contribution in [-0.2, 0) is 5.75 Å². The fourth-order valence-corrected chi connectivity index (χ4v) is 1.95. The maximum Gasteiger partial charge on any atom is 0.505 e. The first-order chi connectivity index (χ1) is 7.00. The van der Waals surface area contributed by atoms with Gasteiger partial charge in [0.1, 0.15) is 0 Å². The number of halogens is 3. The van der Waals surface area contributed by atoms with Gasteiger partial charge in [-0.05, 0) is 11.3 Å². The molecule has 15 heavy (non-hydrogen) atoms. The Morgan fingerprint density at radius 1 is 1.20 bits per heavy atom. The molecule has 0 aliphatic rings. The molecule has 0 aliphatic carbocycles. The van der Waals surface area contributed by atoms with Gasteiger partial charge in [0.25, 0.3) is 0 Å². The van der Waals surface area contributed by atoms with Crippen LogP contribution in [0.25, 0.3) is 0 Å². The molecule has 82 valence electrons. The van der Waals surface area contributed by atoms with Crippen molar-refractivity contribution in [2.75, 3.05) is 5.75 Å². The van der Waals surface area contributed by atoms with E-state index < -0.39 is 12.4 Å². The largest absolute Gasteiger partial charge is 0.505 e. The van der Waals surface area contributed by atoms with Crippen LogP contribution in [0.1, 0.15) is 5.56 Å². The van der Waals surface area contributed by atoms with Gasteiger partial charge in [-0.3, -0.25) is 0 Å². The summed E-state index contributed by atoms with van der Waals surface area (Å²) < 4.78 is 36.4. The Kier molecular flexibility index (Phi) is 4.33. The van der Waals surface area contributed by atoms with Crippen LogP contribution in [0.15, 0.2) is 42.4 Å². The molecule has 0 bridgehead atoms. The summed E-state index contributed by atoms with van der Waals surface area (Å²) in [5.74, 6) is 0.546. The molecule has 0 radical (unpaired) electrons. The second-order valence-corrected chi connectivity index (χ2v) is 4.20. The first-order valence-electron chi connectivity index (χ1n) is 4.49. The highest BCUT2D eigenvalue weighted by Crippen LogP contribution is 2.23. The van der Waals surface area contributed by atoms with Gasteiger partial charge in [0, 0.05) is 5.75 Å². The zero-order valence-electron chi connectivity index (χ0n) is 8.13. The van der Waals surface area contributed by atoms with E-state index in [9.17, 15) is 12.9 Å². The quantitative estimate of drug-likeness (QED) is 0.693. The first-order valence-corrected chi connectivity index (χ1v) is 5.65. The molecule has 0 aliphatic heterocycles. The predicted octanol–water partition coefficient (Wildman–Crippen LogP) is 3.86. The molecule has 0 saturated heterocycles. The van der Waals surface area contributed by atoms with Gasteiger partial charge in [0.15, 0.2) is 0 Å². The van der Waals surface area contributed by atoms with Crippen molar-refractivity contribution < 1.29 is 12.9 Å². The summed E-state index contributed by atoms with van der Waals surface area (Å²) in [7, 11) is 0. The highest BCUT2D eigenvalue weighted by molar-refractivity contribution is 7.98. The standard InChI is InChI=1S/C10H11BF3S/c1-9(11(12,13)14)7-15-8-10-5-3-2-4-6-10/h2-6H,1,7-8H2/q-1. The van der Waals surface area contributed by atoms with E-state index in [1.807, 2.05) is 30.3 Å². The molecule has 1 aromatic rings. The number of hydrogen-bond donors (Lipinski definition) is 0. The lowest BCUT2D eigenvalue weighted by atomic mass is 9.82. The van der Waals surface area contributed by atoms with E-state index in [4.69, 9.17) is 0 Å². The van der Waals surface area contributed by atoms with Crippen molar-refractivity contribution in [3.8, 4) is 0 Å². The predicted molar refractivity (Wildman–Crippen MR) is 60.8 cm³/mol. The molecule has 0 aromatic heterocycles. The monoisotopic (exact) mass is 231 g/mol. The maximum atomic E-state index is 12.1. The molecule has 0 heterocycles. The minimum Gasteiger partial charge on any atom is -0.445 e. The van der Waals surface area contributed by atoms with E-state index in [2.05, 4.69) is 6.58 Å². The van der Waals surface area contributed by atoms with E-state index in [0.717, 1.165) is 5.56 Å². The van der Waals surface area contributed by atoms with Gasteiger partial charge in [-0.1, -0.05) is 30.3 Å². The Hall–Kier alpha value is -0.835. The summed E-state index contributed by atoms with van der Waals surface area (Å²) in [6.07, 6.45) is 0. The second-order valence-electron chi connectivity index (χ2n) is 3.21. The van der Waals surface area contributed by atoms with Crippen molar-refractivity contribution >= 4 is 18.7 Å². The molecule has 5 heteroatoms. The fourth-order valence-electron chi connectivity index (χ4n) is 0.969. The summed E-state index contributed by atoms with van der Waals surface area (Å²) in [6.45, 7) is -1.83.